The van der Waals surface area contributed by atoms with Crippen LogP contribution in [0.2, 0.25) is 0 Å². The summed E-state index contributed by atoms with van der Waals surface area (Å²) in [6, 6.07) is 6.53. The maximum absolute atomic E-state index is 10.8. The van der Waals surface area contributed by atoms with Crippen LogP contribution in [-0.4, -0.2) is 23.9 Å². The first-order chi connectivity index (χ1) is 10.7. The summed E-state index contributed by atoms with van der Waals surface area (Å²) in [6.07, 6.45) is 0.0544. The van der Waals surface area contributed by atoms with Crippen LogP contribution >= 0.6 is 0 Å². The van der Waals surface area contributed by atoms with Crippen LogP contribution in [-0.2, 0) is 19.1 Å². The zero-order chi connectivity index (χ0) is 17.6. The summed E-state index contributed by atoms with van der Waals surface area (Å²) >= 11 is 0. The summed E-state index contributed by atoms with van der Waals surface area (Å²) in [5.41, 5.74) is 2.13. The van der Waals surface area contributed by atoms with Gasteiger partial charge in [0.15, 0.2) is 0 Å². The largest absolute Gasteiger partial charge is 0.389 e. The Balaban J connectivity index is 0.000000194. The van der Waals surface area contributed by atoms with Gasteiger partial charge >= 0.3 is 23.9 Å². The summed E-state index contributed by atoms with van der Waals surface area (Å²) in [5, 5.41) is 0. The fourth-order valence-electron chi connectivity index (χ4n) is 1.49. The highest BCUT2D eigenvalue weighted by atomic mass is 16.6. The summed E-state index contributed by atoms with van der Waals surface area (Å²) in [5.74, 6) is -2.19. The number of benzene rings is 1. The molecule has 0 unspecified atom stereocenters. The summed E-state index contributed by atoms with van der Waals surface area (Å²) in [6.45, 7) is 10.8. The molecule has 2 heterocycles. The van der Waals surface area contributed by atoms with Gasteiger partial charge < -0.3 is 9.47 Å². The molecule has 2 aliphatic heterocycles. The smallest absolute Gasteiger partial charge is 0.346 e. The second-order valence-electron chi connectivity index (χ2n) is 4.97. The molecular formula is C17H16O6. The lowest BCUT2D eigenvalue weighted by Crippen LogP contribution is -1.96. The fourth-order valence-corrected chi connectivity index (χ4v) is 1.49. The quantitative estimate of drug-likeness (QED) is 0.316. The molecule has 0 aliphatic carbocycles. The Kier molecular flexibility index (Phi) is 6.14. The van der Waals surface area contributed by atoms with Crippen LogP contribution in [0.3, 0.4) is 0 Å². The van der Waals surface area contributed by atoms with E-state index in [2.05, 4.69) is 22.6 Å². The van der Waals surface area contributed by atoms with Gasteiger partial charge in [0.2, 0.25) is 0 Å². The van der Waals surface area contributed by atoms with Crippen molar-refractivity contribution in [1.82, 2.24) is 0 Å². The molecule has 2 aliphatic rings. The molecule has 1 aromatic rings. The van der Waals surface area contributed by atoms with Crippen LogP contribution in [0.1, 0.15) is 41.0 Å². The Bertz CT molecular complexity index is 644. The Labute approximate surface area is 133 Å². The van der Waals surface area contributed by atoms with Crippen molar-refractivity contribution < 1.29 is 28.7 Å². The molecule has 1 aromatic carbocycles. The van der Waals surface area contributed by atoms with E-state index in [-0.39, 0.29) is 12.0 Å². The summed E-state index contributed by atoms with van der Waals surface area (Å²) in [4.78, 5) is 42.1. The van der Waals surface area contributed by atoms with Crippen LogP contribution < -0.4 is 0 Å². The number of rotatable bonds is 0. The monoisotopic (exact) mass is 316 g/mol. The highest BCUT2D eigenvalue weighted by Gasteiger charge is 2.28. The number of esters is 4. The van der Waals surface area contributed by atoms with Gasteiger partial charge in [-0.05, 0) is 26.0 Å². The Morgan fingerprint density at radius 3 is 1.61 bits per heavy atom. The molecule has 0 saturated carbocycles. The first-order valence-corrected chi connectivity index (χ1v) is 6.62. The number of ether oxygens (including phenoxy) is 2. The van der Waals surface area contributed by atoms with E-state index in [1.807, 2.05) is 13.8 Å². The van der Waals surface area contributed by atoms with Gasteiger partial charge in [0, 0.05) is 5.57 Å². The van der Waals surface area contributed by atoms with Crippen molar-refractivity contribution >= 4 is 23.9 Å². The van der Waals surface area contributed by atoms with Crippen molar-refractivity contribution in [3.63, 3.8) is 0 Å². The van der Waals surface area contributed by atoms with E-state index >= 15 is 0 Å². The van der Waals surface area contributed by atoms with Gasteiger partial charge in [-0.25, -0.2) is 14.4 Å². The van der Waals surface area contributed by atoms with E-state index in [1.165, 1.54) is 5.57 Å². The van der Waals surface area contributed by atoms with Crippen molar-refractivity contribution in [2.45, 2.75) is 20.3 Å². The summed E-state index contributed by atoms with van der Waals surface area (Å²) in [7, 11) is 0. The van der Waals surface area contributed by atoms with Gasteiger partial charge in [-0.2, -0.15) is 0 Å². The first-order valence-electron chi connectivity index (χ1n) is 6.62. The molecule has 6 nitrogen and oxygen atoms in total. The predicted octanol–water partition coefficient (Wildman–Crippen LogP) is 2.60. The molecule has 0 radical (unpaired) electrons. The lowest BCUT2D eigenvalue weighted by Gasteiger charge is -1.86. The maximum Gasteiger partial charge on any atom is 0.346 e. The number of hydrogen-bond acceptors (Lipinski definition) is 6. The normalized spacial score (nSPS) is 14.8. The van der Waals surface area contributed by atoms with Gasteiger partial charge in [-0.15, -0.1) is 6.58 Å². The molecule has 1 fully saturated rings. The van der Waals surface area contributed by atoms with Gasteiger partial charge in [0.05, 0.1) is 17.5 Å². The van der Waals surface area contributed by atoms with Crippen molar-refractivity contribution in [2.24, 2.45) is 0 Å². The number of cyclic esters (lactones) is 4. The van der Waals surface area contributed by atoms with E-state index in [0.717, 1.165) is 0 Å². The number of hydrogen-bond donors (Lipinski definition) is 0. The first kappa shape index (κ1) is 18.0. The third-order valence-corrected chi connectivity index (χ3v) is 2.41. The van der Waals surface area contributed by atoms with Gasteiger partial charge in [-0.3, -0.25) is 4.79 Å². The van der Waals surface area contributed by atoms with Gasteiger partial charge in [-0.1, -0.05) is 24.3 Å². The zero-order valence-electron chi connectivity index (χ0n) is 12.9. The fraction of sp³-hybridized carbons (Fsp3) is 0.176. The van der Waals surface area contributed by atoms with E-state index in [4.69, 9.17) is 0 Å². The van der Waals surface area contributed by atoms with Crippen LogP contribution in [0, 0.1) is 0 Å². The van der Waals surface area contributed by atoms with Crippen LogP contribution in [0.5, 0.6) is 0 Å². The minimum absolute atomic E-state index is 0.0544. The topological polar surface area (TPSA) is 86.7 Å². The Morgan fingerprint density at radius 1 is 0.913 bits per heavy atom. The molecule has 0 amide bonds. The summed E-state index contributed by atoms with van der Waals surface area (Å²) < 4.78 is 8.45. The molecule has 6 heteroatoms. The molecular weight excluding hydrogens is 300 g/mol. The molecule has 0 bridgehead atoms. The lowest BCUT2D eigenvalue weighted by molar-refractivity contribution is -0.151. The third-order valence-electron chi connectivity index (χ3n) is 2.41. The highest BCUT2D eigenvalue weighted by Crippen LogP contribution is 2.18. The number of allylic oxidation sites excluding steroid dienone is 1. The van der Waals surface area contributed by atoms with Crippen molar-refractivity contribution in [2.75, 3.05) is 0 Å². The predicted molar refractivity (Wildman–Crippen MR) is 81.5 cm³/mol. The second kappa shape index (κ2) is 7.84. The molecule has 23 heavy (non-hydrogen) atoms. The molecule has 1 saturated heterocycles. The maximum atomic E-state index is 10.8. The Hall–Kier alpha value is -3.02. The number of carbonyl (C=O) groups is 4. The number of fused-ring (bicyclic) bond motifs is 1. The SMILES string of the molecule is C=C(C)C.C=C1CC(=O)OC1=O.O=C1OC(=O)c2ccccc21. The van der Waals surface area contributed by atoms with Crippen molar-refractivity contribution in [3.05, 3.63) is 59.7 Å². The van der Waals surface area contributed by atoms with E-state index in [0.29, 0.717) is 11.1 Å². The van der Waals surface area contributed by atoms with Crippen LogP contribution in [0.15, 0.2) is 48.6 Å². The van der Waals surface area contributed by atoms with E-state index < -0.39 is 23.9 Å². The average Bonchev–Trinajstić information content (AvgIpc) is 2.90. The van der Waals surface area contributed by atoms with Crippen LogP contribution in [0.4, 0.5) is 0 Å². The minimum Gasteiger partial charge on any atom is -0.389 e. The standard InChI is InChI=1S/C8H4O3.C5H4O3.C4H8/c9-7-5-3-1-2-4-6(5)8(10)11-7;1-3-2-4(6)8-5(3)7;1-4(2)3/h1-4H;1-2H2;1H2,2-3H3. The van der Waals surface area contributed by atoms with E-state index in [1.54, 1.807) is 24.3 Å². The molecule has 120 valence electrons. The molecule has 3 rings (SSSR count). The van der Waals surface area contributed by atoms with E-state index in [9.17, 15) is 19.2 Å². The molecule has 0 spiro atoms. The Morgan fingerprint density at radius 2 is 1.35 bits per heavy atom. The van der Waals surface area contributed by atoms with Gasteiger partial charge in [0.1, 0.15) is 0 Å². The van der Waals surface area contributed by atoms with Crippen molar-refractivity contribution in [3.8, 4) is 0 Å². The molecule has 0 aromatic heterocycles. The minimum atomic E-state index is -0.588. The van der Waals surface area contributed by atoms with Crippen molar-refractivity contribution in [1.29, 1.82) is 0 Å². The average molecular weight is 316 g/mol. The molecule has 0 N–H and O–H groups in total. The van der Waals surface area contributed by atoms with Gasteiger partial charge in [0.25, 0.3) is 0 Å². The third kappa shape index (κ3) is 5.35. The second-order valence-corrected chi connectivity index (χ2v) is 4.97. The molecule has 0 atom stereocenters. The number of carbonyl (C=O) groups excluding carboxylic acids is 4. The van der Waals surface area contributed by atoms with Crippen LogP contribution in [0.25, 0.3) is 0 Å². The lowest BCUT2D eigenvalue weighted by atomic mass is 10.1. The highest BCUT2D eigenvalue weighted by molar-refractivity contribution is 6.14. The zero-order valence-corrected chi connectivity index (χ0v) is 12.9.